The molecule has 9 rings (SSSR count). The molecule has 0 radical (unpaired) electrons. The number of anilines is 4. The number of hydrogen-bond acceptors (Lipinski definition) is 11. The van der Waals surface area contributed by atoms with Gasteiger partial charge >= 0.3 is 0 Å². The molecule has 7 heterocycles. The number of imide groups is 1. The van der Waals surface area contributed by atoms with Gasteiger partial charge in [-0.1, -0.05) is 12.1 Å². The Morgan fingerprint density at radius 2 is 1.81 bits per heavy atom. The van der Waals surface area contributed by atoms with Gasteiger partial charge in [0.1, 0.15) is 11.6 Å². The van der Waals surface area contributed by atoms with Crippen LogP contribution in [0.5, 0.6) is 5.75 Å². The first kappa shape index (κ1) is 33.0. The van der Waals surface area contributed by atoms with E-state index in [9.17, 15) is 14.7 Å². The number of rotatable bonds is 5. The van der Waals surface area contributed by atoms with Crippen molar-refractivity contribution in [3.63, 3.8) is 0 Å². The highest BCUT2D eigenvalue weighted by atomic mass is 19.1. The molecule has 0 aliphatic carbocycles. The average Bonchev–Trinajstić information content (AvgIpc) is 3.46. The fourth-order valence-corrected chi connectivity index (χ4v) is 8.96. The topological polar surface area (TPSA) is 132 Å². The number of halogens is 1. The number of aryl methyl sites for hydroxylation is 1. The number of piperazine rings is 1. The van der Waals surface area contributed by atoms with Crippen molar-refractivity contribution in [2.45, 2.75) is 56.6 Å². The average molecular weight is 710 g/mol. The Bertz CT molecular complexity index is 2020. The Balaban J connectivity index is 0.802. The molecule has 52 heavy (non-hydrogen) atoms. The van der Waals surface area contributed by atoms with E-state index < -0.39 is 0 Å². The van der Waals surface area contributed by atoms with Gasteiger partial charge < -0.3 is 25.0 Å². The quantitative estimate of drug-likeness (QED) is 0.288. The van der Waals surface area contributed by atoms with Crippen molar-refractivity contribution in [2.75, 3.05) is 72.4 Å². The van der Waals surface area contributed by atoms with E-state index in [0.717, 1.165) is 81.4 Å². The summed E-state index contributed by atoms with van der Waals surface area (Å²) in [7, 11) is 1.76. The number of phenolic OH excluding ortho intramolecular Hbond substituents is 1. The van der Waals surface area contributed by atoms with Crippen LogP contribution in [0.4, 0.5) is 27.4 Å². The number of amides is 2. The lowest BCUT2D eigenvalue weighted by Crippen LogP contribution is -2.59. The monoisotopic (exact) mass is 709 g/mol. The number of carbonyl (C=O) groups is 2. The second kappa shape index (κ2) is 13.0. The molecule has 4 fully saturated rings. The van der Waals surface area contributed by atoms with Crippen LogP contribution in [0.1, 0.15) is 44.9 Å². The predicted octanol–water partition coefficient (Wildman–Crippen LogP) is 4.30. The standard InChI is InChI=1S/C38H44FN9O4/c1-44-30-19-31(28(39)17-27(30)37(43-44)48-34(50)7-4-8-35(48)51)46-13-11-38(12-14-46)10-9-24(23-52-38)21-45-15-16-47-25(22-45)20-40-36-32(47)18-29(41-42-36)26-5-2-3-6-33(26)49/h2-3,5-6,17-19,24-25,49H,4,7-16,20-23H2,1H3,(H,40,42)/t24?,25-/m0/s1. The summed E-state index contributed by atoms with van der Waals surface area (Å²) in [5.74, 6) is 0.723. The van der Waals surface area contributed by atoms with Crippen molar-refractivity contribution in [2.24, 2.45) is 13.0 Å². The molecule has 1 spiro atoms. The molecular formula is C38H44FN9O4. The van der Waals surface area contributed by atoms with Gasteiger partial charge in [0.15, 0.2) is 11.6 Å². The Hall–Kier alpha value is -4.82. The first-order chi connectivity index (χ1) is 25.2. The second-order valence-corrected chi connectivity index (χ2v) is 15.1. The maximum Gasteiger partial charge on any atom is 0.235 e. The van der Waals surface area contributed by atoms with Crippen LogP contribution in [-0.4, -0.2) is 106 Å². The molecule has 2 N–H and O–H groups in total. The molecular weight excluding hydrogens is 665 g/mol. The molecule has 2 aromatic carbocycles. The number of phenols is 1. The molecule has 1 unspecified atom stereocenters. The molecule has 2 aromatic heterocycles. The summed E-state index contributed by atoms with van der Waals surface area (Å²) in [6, 6.07) is 12.8. The van der Waals surface area contributed by atoms with E-state index in [1.54, 1.807) is 29.9 Å². The van der Waals surface area contributed by atoms with Crippen molar-refractivity contribution in [1.82, 2.24) is 24.9 Å². The number of aromatic nitrogens is 4. The van der Waals surface area contributed by atoms with Crippen molar-refractivity contribution in [3.05, 3.63) is 48.3 Å². The lowest BCUT2D eigenvalue weighted by atomic mass is 9.81. The molecule has 5 aliphatic heterocycles. The van der Waals surface area contributed by atoms with E-state index in [1.807, 2.05) is 18.2 Å². The normalized spacial score (nSPS) is 23.5. The van der Waals surface area contributed by atoms with Gasteiger partial charge in [0.2, 0.25) is 11.8 Å². The van der Waals surface area contributed by atoms with E-state index in [-0.39, 0.29) is 47.6 Å². The fraction of sp³-hybridized carbons (Fsp3) is 0.500. The summed E-state index contributed by atoms with van der Waals surface area (Å²) in [4.78, 5) is 33.4. The lowest BCUT2D eigenvalue weighted by molar-refractivity contribution is -0.129. The lowest BCUT2D eigenvalue weighted by Gasteiger charge is -2.48. The van der Waals surface area contributed by atoms with E-state index >= 15 is 4.39 Å². The molecule has 2 amide bonds. The molecule has 5 aliphatic rings. The number of hydrogen-bond donors (Lipinski definition) is 2. The zero-order valence-corrected chi connectivity index (χ0v) is 29.4. The summed E-state index contributed by atoms with van der Waals surface area (Å²) >= 11 is 0. The van der Waals surface area contributed by atoms with Crippen LogP contribution in [0.25, 0.3) is 22.2 Å². The number of carbonyl (C=O) groups excluding carboxylic acids is 2. The van der Waals surface area contributed by atoms with Crippen LogP contribution in [0.3, 0.4) is 0 Å². The number of piperidine rings is 2. The Labute approximate surface area is 301 Å². The summed E-state index contributed by atoms with van der Waals surface area (Å²) in [5.41, 5.74) is 3.41. The molecule has 4 aromatic rings. The van der Waals surface area contributed by atoms with E-state index in [0.29, 0.717) is 59.3 Å². The Kier molecular flexibility index (Phi) is 8.26. The first-order valence-electron chi connectivity index (χ1n) is 18.6. The minimum atomic E-state index is -0.375. The minimum absolute atomic E-state index is 0.177. The molecule has 2 atom stereocenters. The Morgan fingerprint density at radius 3 is 2.58 bits per heavy atom. The highest BCUT2D eigenvalue weighted by molar-refractivity contribution is 6.19. The number of fused-ring (bicyclic) bond motifs is 4. The number of benzene rings is 2. The van der Waals surface area contributed by atoms with Crippen molar-refractivity contribution in [3.8, 4) is 17.0 Å². The van der Waals surface area contributed by atoms with Gasteiger partial charge in [0.25, 0.3) is 0 Å². The summed E-state index contributed by atoms with van der Waals surface area (Å²) in [6.07, 6.45) is 4.89. The third-order valence-electron chi connectivity index (χ3n) is 11.9. The van der Waals surface area contributed by atoms with Crippen LogP contribution in [0.15, 0.2) is 42.5 Å². The molecule has 14 heteroatoms. The number of aromatic hydroxyl groups is 1. The molecule has 0 bridgehead atoms. The fourth-order valence-electron chi connectivity index (χ4n) is 8.96. The zero-order valence-electron chi connectivity index (χ0n) is 29.4. The van der Waals surface area contributed by atoms with Crippen molar-refractivity contribution >= 4 is 45.7 Å². The first-order valence-corrected chi connectivity index (χ1v) is 18.6. The van der Waals surface area contributed by atoms with Gasteiger partial charge in [0, 0.05) is 76.7 Å². The van der Waals surface area contributed by atoms with Gasteiger partial charge in [-0.05, 0) is 68.4 Å². The van der Waals surface area contributed by atoms with Gasteiger partial charge in [-0.25, -0.2) is 9.29 Å². The third-order valence-corrected chi connectivity index (χ3v) is 11.9. The summed E-state index contributed by atoms with van der Waals surface area (Å²) < 4.78 is 24.0. The van der Waals surface area contributed by atoms with Gasteiger partial charge in [-0.2, -0.15) is 5.10 Å². The maximum atomic E-state index is 15.7. The number of nitrogens with one attached hydrogen (secondary N) is 1. The van der Waals surface area contributed by atoms with E-state index in [1.165, 1.54) is 6.07 Å². The van der Waals surface area contributed by atoms with E-state index in [2.05, 4.69) is 35.3 Å². The van der Waals surface area contributed by atoms with Gasteiger partial charge in [-0.3, -0.25) is 19.2 Å². The van der Waals surface area contributed by atoms with Crippen LogP contribution < -0.4 is 20.0 Å². The highest BCUT2D eigenvalue weighted by Crippen LogP contribution is 2.41. The number of ether oxygens (including phenoxy) is 1. The van der Waals surface area contributed by atoms with Gasteiger partial charge in [-0.15, -0.1) is 10.2 Å². The van der Waals surface area contributed by atoms with Crippen LogP contribution in [0, 0.1) is 11.7 Å². The number of nitrogens with zero attached hydrogens (tertiary/aromatic N) is 8. The molecule has 13 nitrogen and oxygen atoms in total. The molecule has 272 valence electrons. The largest absolute Gasteiger partial charge is 0.507 e. The summed E-state index contributed by atoms with van der Waals surface area (Å²) in [6.45, 7) is 6.73. The third kappa shape index (κ3) is 5.81. The van der Waals surface area contributed by atoms with E-state index in [4.69, 9.17) is 4.74 Å². The second-order valence-electron chi connectivity index (χ2n) is 15.1. The SMILES string of the molecule is Cn1nc(N2C(=O)CCCC2=O)c2cc(F)c(N3CCC4(CCC(CN5CCN6c7cc(-c8ccccc8O)nnc7NC[C@H]6C5)CO4)CC3)cc21. The van der Waals surface area contributed by atoms with Crippen LogP contribution in [0.2, 0.25) is 0 Å². The van der Waals surface area contributed by atoms with Crippen molar-refractivity contribution in [1.29, 1.82) is 0 Å². The zero-order chi connectivity index (χ0) is 35.6. The number of para-hydroxylation sites is 1. The Morgan fingerprint density at radius 1 is 1.00 bits per heavy atom. The highest BCUT2D eigenvalue weighted by Gasteiger charge is 2.41. The van der Waals surface area contributed by atoms with Crippen molar-refractivity contribution < 1.29 is 23.8 Å². The minimum Gasteiger partial charge on any atom is -0.507 e. The molecule has 0 saturated carbocycles. The van der Waals surface area contributed by atoms with Gasteiger partial charge in [0.05, 0.1) is 40.8 Å². The maximum absolute atomic E-state index is 15.7. The smallest absolute Gasteiger partial charge is 0.235 e. The van der Waals surface area contributed by atoms with Crippen LogP contribution in [-0.2, 0) is 21.4 Å². The molecule has 4 saturated heterocycles. The predicted molar refractivity (Wildman–Crippen MR) is 195 cm³/mol. The van der Waals surface area contributed by atoms with Crippen LogP contribution >= 0.6 is 0 Å². The summed E-state index contributed by atoms with van der Waals surface area (Å²) in [5, 5.41) is 27.6.